The molecule has 2 heterocycles. The molecule has 0 radical (unpaired) electrons. The highest BCUT2D eigenvalue weighted by molar-refractivity contribution is 5.93. The molecule has 0 bridgehead atoms. The number of oxazole rings is 1. The number of amides is 1. The second-order valence-electron chi connectivity index (χ2n) is 6.08. The summed E-state index contributed by atoms with van der Waals surface area (Å²) in [4.78, 5) is 16.7. The van der Waals surface area contributed by atoms with Crippen molar-refractivity contribution in [3.8, 4) is 0 Å². The zero-order valence-electron chi connectivity index (χ0n) is 13.1. The number of hydrogen-bond donors (Lipinski definition) is 1. The van der Waals surface area contributed by atoms with Crippen molar-refractivity contribution in [3.05, 3.63) is 41.5 Å². The highest BCUT2D eigenvalue weighted by Crippen LogP contribution is 2.36. The molecule has 1 saturated carbocycles. The monoisotopic (exact) mass is 302 g/mol. The summed E-state index contributed by atoms with van der Waals surface area (Å²) in [5.74, 6) is 2.51. The second kappa shape index (κ2) is 6.38. The Balaban J connectivity index is 1.55. The number of carbonyl (C=O) groups excluding carboxylic acids is 1. The molecule has 5 nitrogen and oxygen atoms in total. The van der Waals surface area contributed by atoms with Crippen molar-refractivity contribution < 1.29 is 13.6 Å². The van der Waals surface area contributed by atoms with Gasteiger partial charge >= 0.3 is 0 Å². The van der Waals surface area contributed by atoms with E-state index < -0.39 is 0 Å². The molecule has 0 spiro atoms. The van der Waals surface area contributed by atoms with Gasteiger partial charge in [-0.25, -0.2) is 4.98 Å². The number of aryl methyl sites for hydroxylation is 2. The predicted molar refractivity (Wildman–Crippen MR) is 81.8 cm³/mol. The number of nitrogens with zero attached hydrogens (tertiary/aromatic N) is 1. The Morgan fingerprint density at radius 1 is 1.50 bits per heavy atom. The van der Waals surface area contributed by atoms with Crippen LogP contribution >= 0.6 is 0 Å². The van der Waals surface area contributed by atoms with Crippen molar-refractivity contribution in [2.45, 2.75) is 57.9 Å². The van der Waals surface area contributed by atoms with Crippen LogP contribution in [0.3, 0.4) is 0 Å². The van der Waals surface area contributed by atoms with E-state index in [1.54, 1.807) is 13.2 Å². The standard InChI is InChI=1S/C17H22N2O3/c1-11(8-9-14-7-4-10-21-14)18-16(20)15-12(2)22-17(19-15)13-5-3-6-13/h4,7,10-11,13H,3,5-6,8-9H2,1-2H3,(H,18,20)/t11-/m1/s1. The average Bonchev–Trinajstić information content (AvgIpc) is 3.04. The summed E-state index contributed by atoms with van der Waals surface area (Å²) >= 11 is 0. The first kappa shape index (κ1) is 14.9. The Labute approximate surface area is 130 Å². The lowest BCUT2D eigenvalue weighted by Gasteiger charge is -2.21. The van der Waals surface area contributed by atoms with Crippen molar-refractivity contribution in [3.63, 3.8) is 0 Å². The molecule has 0 aliphatic heterocycles. The molecule has 1 N–H and O–H groups in total. The van der Waals surface area contributed by atoms with Gasteiger partial charge in [-0.2, -0.15) is 0 Å². The molecule has 0 saturated heterocycles. The van der Waals surface area contributed by atoms with E-state index in [0.717, 1.165) is 37.3 Å². The lowest BCUT2D eigenvalue weighted by atomic mass is 9.85. The maximum atomic E-state index is 12.3. The maximum Gasteiger partial charge on any atom is 0.273 e. The third-order valence-electron chi connectivity index (χ3n) is 4.26. The molecule has 1 aliphatic carbocycles. The molecule has 0 unspecified atom stereocenters. The number of aromatic nitrogens is 1. The van der Waals surface area contributed by atoms with Crippen LogP contribution in [0.15, 0.2) is 27.2 Å². The number of rotatable bonds is 6. The number of furan rings is 1. The van der Waals surface area contributed by atoms with Crippen molar-refractivity contribution >= 4 is 5.91 Å². The molecule has 1 fully saturated rings. The summed E-state index contributed by atoms with van der Waals surface area (Å²) in [6.45, 7) is 3.79. The van der Waals surface area contributed by atoms with Crippen molar-refractivity contribution in [1.29, 1.82) is 0 Å². The Morgan fingerprint density at radius 2 is 2.32 bits per heavy atom. The van der Waals surface area contributed by atoms with Gasteiger partial charge in [-0.1, -0.05) is 6.42 Å². The molecule has 5 heteroatoms. The minimum atomic E-state index is -0.154. The highest BCUT2D eigenvalue weighted by atomic mass is 16.4. The second-order valence-corrected chi connectivity index (χ2v) is 6.08. The third kappa shape index (κ3) is 3.24. The lowest BCUT2D eigenvalue weighted by molar-refractivity contribution is 0.0932. The SMILES string of the molecule is Cc1oc(C2CCC2)nc1C(=O)N[C@H](C)CCc1ccco1. The molecule has 118 valence electrons. The molecule has 2 aromatic heterocycles. The number of carbonyl (C=O) groups is 1. The summed E-state index contributed by atoms with van der Waals surface area (Å²) < 4.78 is 11.0. The number of nitrogens with one attached hydrogen (secondary N) is 1. The first-order valence-electron chi connectivity index (χ1n) is 7.94. The van der Waals surface area contributed by atoms with Crippen LogP contribution in [0.4, 0.5) is 0 Å². The summed E-state index contributed by atoms with van der Waals surface area (Å²) in [6, 6.07) is 3.88. The van der Waals surface area contributed by atoms with Gasteiger partial charge in [-0.05, 0) is 45.2 Å². The quantitative estimate of drug-likeness (QED) is 0.885. The fourth-order valence-electron chi connectivity index (χ4n) is 2.64. The first-order chi connectivity index (χ1) is 10.6. The van der Waals surface area contributed by atoms with E-state index in [-0.39, 0.29) is 11.9 Å². The summed E-state index contributed by atoms with van der Waals surface area (Å²) in [7, 11) is 0. The maximum absolute atomic E-state index is 12.3. The molecule has 2 aromatic rings. The average molecular weight is 302 g/mol. The topological polar surface area (TPSA) is 68.3 Å². The normalized spacial score (nSPS) is 16.3. The fourth-order valence-corrected chi connectivity index (χ4v) is 2.64. The molecular formula is C17H22N2O3. The van der Waals surface area contributed by atoms with Gasteiger partial charge in [0.05, 0.1) is 6.26 Å². The van der Waals surface area contributed by atoms with Crippen LogP contribution < -0.4 is 5.32 Å². The molecular weight excluding hydrogens is 280 g/mol. The summed E-state index contributed by atoms with van der Waals surface area (Å²) in [6.07, 6.45) is 6.74. The Kier molecular flexibility index (Phi) is 4.32. The van der Waals surface area contributed by atoms with Crippen molar-refractivity contribution in [1.82, 2.24) is 10.3 Å². The van der Waals surface area contributed by atoms with E-state index in [9.17, 15) is 4.79 Å². The lowest BCUT2D eigenvalue weighted by Crippen LogP contribution is -2.33. The van der Waals surface area contributed by atoms with E-state index >= 15 is 0 Å². The van der Waals surface area contributed by atoms with E-state index in [1.807, 2.05) is 19.1 Å². The summed E-state index contributed by atoms with van der Waals surface area (Å²) in [5.41, 5.74) is 0.423. The molecule has 1 aliphatic rings. The van der Waals surface area contributed by atoms with Gasteiger partial charge in [-0.15, -0.1) is 0 Å². The van der Waals surface area contributed by atoms with Gasteiger partial charge in [0.15, 0.2) is 11.6 Å². The molecule has 1 amide bonds. The van der Waals surface area contributed by atoms with Crippen LogP contribution in [-0.4, -0.2) is 16.9 Å². The Morgan fingerprint density at radius 3 is 2.95 bits per heavy atom. The van der Waals surface area contributed by atoms with Crippen LogP contribution in [0.5, 0.6) is 0 Å². The molecule has 3 rings (SSSR count). The van der Waals surface area contributed by atoms with E-state index in [0.29, 0.717) is 17.4 Å². The smallest absolute Gasteiger partial charge is 0.273 e. The highest BCUT2D eigenvalue weighted by Gasteiger charge is 2.27. The van der Waals surface area contributed by atoms with E-state index in [1.165, 1.54) is 6.42 Å². The van der Waals surface area contributed by atoms with Crippen LogP contribution in [0.1, 0.15) is 66.4 Å². The first-order valence-corrected chi connectivity index (χ1v) is 7.94. The van der Waals surface area contributed by atoms with E-state index in [4.69, 9.17) is 8.83 Å². The van der Waals surface area contributed by atoms with Crippen LogP contribution in [0, 0.1) is 6.92 Å². The minimum Gasteiger partial charge on any atom is -0.469 e. The van der Waals surface area contributed by atoms with Gasteiger partial charge in [0.1, 0.15) is 11.5 Å². The van der Waals surface area contributed by atoms with E-state index in [2.05, 4.69) is 10.3 Å². The molecule has 0 aromatic carbocycles. The van der Waals surface area contributed by atoms with Crippen LogP contribution in [0.2, 0.25) is 0 Å². The third-order valence-corrected chi connectivity index (χ3v) is 4.26. The van der Waals surface area contributed by atoms with Gasteiger partial charge in [0.25, 0.3) is 5.91 Å². The van der Waals surface area contributed by atoms with Crippen LogP contribution in [0.25, 0.3) is 0 Å². The minimum absolute atomic E-state index is 0.0563. The molecule has 22 heavy (non-hydrogen) atoms. The molecule has 1 atom stereocenters. The zero-order chi connectivity index (χ0) is 15.5. The Bertz CT molecular complexity index is 626. The summed E-state index contributed by atoms with van der Waals surface area (Å²) in [5, 5.41) is 2.98. The number of hydrogen-bond acceptors (Lipinski definition) is 4. The fraction of sp³-hybridized carbons (Fsp3) is 0.529. The van der Waals surface area contributed by atoms with Crippen molar-refractivity contribution in [2.24, 2.45) is 0 Å². The van der Waals surface area contributed by atoms with Gasteiger partial charge in [0.2, 0.25) is 0 Å². The van der Waals surface area contributed by atoms with Crippen molar-refractivity contribution in [2.75, 3.05) is 0 Å². The zero-order valence-corrected chi connectivity index (χ0v) is 13.1. The van der Waals surface area contributed by atoms with Crippen LogP contribution in [-0.2, 0) is 6.42 Å². The van der Waals surface area contributed by atoms with Gasteiger partial charge in [-0.3, -0.25) is 4.79 Å². The van der Waals surface area contributed by atoms with Gasteiger partial charge in [0, 0.05) is 18.4 Å². The largest absolute Gasteiger partial charge is 0.469 e. The van der Waals surface area contributed by atoms with Gasteiger partial charge < -0.3 is 14.2 Å². The Hall–Kier alpha value is -2.04. The predicted octanol–water partition coefficient (Wildman–Crippen LogP) is 3.59.